The van der Waals surface area contributed by atoms with Crippen LogP contribution in [0.25, 0.3) is 0 Å². The zero-order chi connectivity index (χ0) is 17.5. The monoisotopic (exact) mass is 344 g/mol. The molecule has 24 heavy (non-hydrogen) atoms. The smallest absolute Gasteiger partial charge is 0.262 e. The molecule has 0 bridgehead atoms. The maximum Gasteiger partial charge on any atom is 0.262 e. The Morgan fingerprint density at radius 2 is 1.88 bits per heavy atom. The van der Waals surface area contributed by atoms with Gasteiger partial charge in [-0.25, -0.2) is 0 Å². The Balaban J connectivity index is 1.89. The fourth-order valence-corrected chi connectivity index (χ4v) is 3.10. The van der Waals surface area contributed by atoms with Crippen molar-refractivity contribution in [1.29, 1.82) is 0 Å². The molecule has 2 rings (SSSR count). The Morgan fingerprint density at radius 1 is 1.12 bits per heavy atom. The van der Waals surface area contributed by atoms with Crippen molar-refractivity contribution in [3.63, 3.8) is 0 Å². The van der Waals surface area contributed by atoms with Gasteiger partial charge >= 0.3 is 0 Å². The van der Waals surface area contributed by atoms with Crippen molar-refractivity contribution in [2.24, 2.45) is 5.92 Å². The molecule has 0 aliphatic rings. The van der Waals surface area contributed by atoms with Gasteiger partial charge in [-0.1, -0.05) is 44.2 Å². The second-order valence-electron chi connectivity index (χ2n) is 6.14. The lowest BCUT2D eigenvalue weighted by atomic mass is 10.0. The van der Waals surface area contributed by atoms with E-state index in [-0.39, 0.29) is 17.7 Å². The molecule has 1 heterocycles. The van der Waals surface area contributed by atoms with Gasteiger partial charge in [0, 0.05) is 6.54 Å². The first-order valence-corrected chi connectivity index (χ1v) is 9.03. The maximum absolute atomic E-state index is 12.4. The van der Waals surface area contributed by atoms with Crippen molar-refractivity contribution in [1.82, 2.24) is 10.6 Å². The van der Waals surface area contributed by atoms with Crippen molar-refractivity contribution < 1.29 is 9.59 Å². The molecule has 2 amide bonds. The van der Waals surface area contributed by atoms with Crippen molar-refractivity contribution >= 4 is 23.2 Å². The van der Waals surface area contributed by atoms with Crippen LogP contribution in [-0.2, 0) is 11.2 Å². The standard InChI is InChI=1S/C19H24N2O2S/c1-13(2)17(21-18(22)16-9-6-12-24-16)19(23)20-11-10-15-8-5-4-7-14(15)3/h4-9,12-13,17H,10-11H2,1-3H3,(H,20,23)(H,21,22). The summed E-state index contributed by atoms with van der Waals surface area (Å²) in [4.78, 5) is 25.2. The number of rotatable bonds is 7. The molecule has 4 nitrogen and oxygen atoms in total. The summed E-state index contributed by atoms with van der Waals surface area (Å²) in [6.45, 7) is 6.48. The number of thiophene rings is 1. The Labute approximate surface area is 147 Å². The lowest BCUT2D eigenvalue weighted by Gasteiger charge is -2.21. The number of aryl methyl sites for hydroxylation is 1. The Bertz CT molecular complexity index is 680. The third-order valence-corrected chi connectivity index (χ3v) is 4.80. The molecular weight excluding hydrogens is 320 g/mol. The predicted molar refractivity (Wildman–Crippen MR) is 98.3 cm³/mol. The number of carbonyl (C=O) groups excluding carboxylic acids is 2. The Kier molecular flexibility index (Phi) is 6.55. The first-order chi connectivity index (χ1) is 11.5. The number of benzene rings is 1. The van der Waals surface area contributed by atoms with Crippen LogP contribution in [0, 0.1) is 12.8 Å². The maximum atomic E-state index is 12.4. The first kappa shape index (κ1) is 18.2. The van der Waals surface area contributed by atoms with E-state index in [1.54, 1.807) is 6.07 Å². The Hall–Kier alpha value is -2.14. The fourth-order valence-electron chi connectivity index (χ4n) is 2.48. The molecule has 2 N–H and O–H groups in total. The van der Waals surface area contributed by atoms with Gasteiger partial charge < -0.3 is 10.6 Å². The molecule has 1 unspecified atom stereocenters. The summed E-state index contributed by atoms with van der Waals surface area (Å²) in [6, 6.07) is 11.2. The van der Waals surface area contributed by atoms with Gasteiger partial charge in [-0.05, 0) is 41.8 Å². The molecule has 5 heteroatoms. The molecule has 128 valence electrons. The molecule has 0 spiro atoms. The highest BCUT2D eigenvalue weighted by Gasteiger charge is 2.24. The summed E-state index contributed by atoms with van der Waals surface area (Å²) in [7, 11) is 0. The van der Waals surface area contributed by atoms with Crippen molar-refractivity contribution in [3.05, 3.63) is 57.8 Å². The highest BCUT2D eigenvalue weighted by molar-refractivity contribution is 7.12. The van der Waals surface area contributed by atoms with E-state index in [1.807, 2.05) is 37.4 Å². The summed E-state index contributed by atoms with van der Waals surface area (Å²) < 4.78 is 0. The molecular formula is C19H24N2O2S. The zero-order valence-electron chi connectivity index (χ0n) is 14.3. The lowest BCUT2D eigenvalue weighted by molar-refractivity contribution is -0.123. The molecule has 0 saturated carbocycles. The normalized spacial score (nSPS) is 12.0. The van der Waals surface area contributed by atoms with Gasteiger partial charge in [0.15, 0.2) is 0 Å². The van der Waals surface area contributed by atoms with Crippen molar-refractivity contribution in [2.75, 3.05) is 6.54 Å². The molecule has 0 aliphatic heterocycles. The van der Waals surface area contributed by atoms with Crippen LogP contribution in [0.4, 0.5) is 0 Å². The van der Waals surface area contributed by atoms with Crippen LogP contribution in [0.15, 0.2) is 41.8 Å². The summed E-state index contributed by atoms with van der Waals surface area (Å²) in [5, 5.41) is 7.63. The van der Waals surface area contributed by atoms with Gasteiger partial charge in [-0.2, -0.15) is 0 Å². The molecule has 1 aromatic heterocycles. The topological polar surface area (TPSA) is 58.2 Å². The van der Waals surface area contributed by atoms with Crippen molar-refractivity contribution in [3.8, 4) is 0 Å². The van der Waals surface area contributed by atoms with Crippen LogP contribution in [0.2, 0.25) is 0 Å². The molecule has 2 aromatic rings. The summed E-state index contributed by atoms with van der Waals surface area (Å²) in [5.74, 6) is -0.311. The fraction of sp³-hybridized carbons (Fsp3) is 0.368. The number of hydrogen-bond donors (Lipinski definition) is 2. The van der Waals surface area contributed by atoms with E-state index in [0.717, 1.165) is 6.42 Å². The van der Waals surface area contributed by atoms with E-state index in [1.165, 1.54) is 22.5 Å². The highest BCUT2D eigenvalue weighted by Crippen LogP contribution is 2.11. The highest BCUT2D eigenvalue weighted by atomic mass is 32.1. The van der Waals surface area contributed by atoms with Crippen LogP contribution < -0.4 is 10.6 Å². The number of carbonyl (C=O) groups is 2. The second-order valence-corrected chi connectivity index (χ2v) is 7.09. The van der Waals surface area contributed by atoms with E-state index in [0.29, 0.717) is 11.4 Å². The van der Waals surface area contributed by atoms with E-state index in [9.17, 15) is 9.59 Å². The second kappa shape index (κ2) is 8.64. The van der Waals surface area contributed by atoms with E-state index >= 15 is 0 Å². The minimum absolute atomic E-state index is 0.0207. The third kappa shape index (κ3) is 4.93. The minimum atomic E-state index is -0.531. The van der Waals surface area contributed by atoms with Gasteiger partial charge in [-0.3, -0.25) is 9.59 Å². The van der Waals surface area contributed by atoms with Gasteiger partial charge in [0.1, 0.15) is 6.04 Å². The van der Waals surface area contributed by atoms with Crippen LogP contribution in [0.3, 0.4) is 0 Å². The largest absolute Gasteiger partial charge is 0.354 e. The van der Waals surface area contributed by atoms with E-state index in [2.05, 4.69) is 29.7 Å². The van der Waals surface area contributed by atoms with Crippen LogP contribution in [0.1, 0.15) is 34.6 Å². The van der Waals surface area contributed by atoms with E-state index < -0.39 is 6.04 Å². The van der Waals surface area contributed by atoms with Gasteiger partial charge in [-0.15, -0.1) is 11.3 Å². The number of nitrogens with one attached hydrogen (secondary N) is 2. The van der Waals surface area contributed by atoms with Crippen LogP contribution >= 0.6 is 11.3 Å². The number of hydrogen-bond acceptors (Lipinski definition) is 3. The van der Waals surface area contributed by atoms with E-state index in [4.69, 9.17) is 0 Å². The SMILES string of the molecule is Cc1ccccc1CCNC(=O)C(NC(=O)c1cccs1)C(C)C. The summed E-state index contributed by atoms with van der Waals surface area (Å²) in [6.07, 6.45) is 0.780. The van der Waals surface area contributed by atoms with Gasteiger partial charge in [0.05, 0.1) is 4.88 Å². The average molecular weight is 344 g/mol. The third-order valence-electron chi connectivity index (χ3n) is 3.94. The molecule has 1 atom stereocenters. The summed E-state index contributed by atoms with van der Waals surface area (Å²) >= 11 is 1.37. The molecule has 0 aliphatic carbocycles. The van der Waals surface area contributed by atoms with Crippen LogP contribution in [-0.4, -0.2) is 24.4 Å². The lowest BCUT2D eigenvalue weighted by Crippen LogP contribution is -2.49. The molecule has 0 radical (unpaired) electrons. The van der Waals surface area contributed by atoms with Gasteiger partial charge in [0.25, 0.3) is 5.91 Å². The van der Waals surface area contributed by atoms with Crippen LogP contribution in [0.5, 0.6) is 0 Å². The quantitative estimate of drug-likeness (QED) is 0.810. The predicted octanol–water partition coefficient (Wildman–Crippen LogP) is 3.17. The number of amides is 2. The molecule has 0 saturated heterocycles. The summed E-state index contributed by atoms with van der Waals surface area (Å²) in [5.41, 5.74) is 2.44. The van der Waals surface area contributed by atoms with Gasteiger partial charge in [0.2, 0.25) is 5.91 Å². The van der Waals surface area contributed by atoms with Crippen molar-refractivity contribution in [2.45, 2.75) is 33.2 Å². The molecule has 0 fully saturated rings. The Morgan fingerprint density at radius 3 is 2.50 bits per heavy atom. The zero-order valence-corrected chi connectivity index (χ0v) is 15.2. The minimum Gasteiger partial charge on any atom is -0.354 e. The first-order valence-electron chi connectivity index (χ1n) is 8.15. The average Bonchev–Trinajstić information content (AvgIpc) is 3.08. The molecule has 1 aromatic carbocycles.